The van der Waals surface area contributed by atoms with Crippen LogP contribution in [-0.2, 0) is 9.47 Å². The summed E-state index contributed by atoms with van der Waals surface area (Å²) in [4.78, 5) is 0. The number of hydrogen-bond donors (Lipinski definition) is 0. The van der Waals surface area contributed by atoms with E-state index in [1.807, 2.05) is 0 Å². The van der Waals surface area contributed by atoms with Crippen molar-refractivity contribution in [3.8, 4) is 0 Å². The summed E-state index contributed by atoms with van der Waals surface area (Å²) in [6.07, 6.45) is 7.30. The molecule has 0 aliphatic carbocycles. The SMILES string of the molecule is C1CCC([N]C2CCCCO2)OC1. The van der Waals surface area contributed by atoms with E-state index in [0.29, 0.717) is 0 Å². The summed E-state index contributed by atoms with van der Waals surface area (Å²) in [6, 6.07) is 0. The largest absolute Gasteiger partial charge is 0.362 e. The highest BCUT2D eigenvalue weighted by Crippen LogP contribution is 2.16. The van der Waals surface area contributed by atoms with Crippen molar-refractivity contribution < 1.29 is 9.47 Å². The van der Waals surface area contributed by atoms with Crippen LogP contribution in [-0.4, -0.2) is 25.7 Å². The summed E-state index contributed by atoms with van der Waals surface area (Å²) in [6.45, 7) is 1.75. The van der Waals surface area contributed by atoms with Crippen LogP contribution >= 0.6 is 0 Å². The van der Waals surface area contributed by atoms with Gasteiger partial charge in [0.05, 0.1) is 0 Å². The highest BCUT2D eigenvalue weighted by molar-refractivity contribution is 4.66. The van der Waals surface area contributed by atoms with E-state index in [2.05, 4.69) is 5.32 Å². The van der Waals surface area contributed by atoms with Crippen molar-refractivity contribution in [3.05, 3.63) is 0 Å². The Morgan fingerprint density at radius 3 is 1.69 bits per heavy atom. The van der Waals surface area contributed by atoms with Gasteiger partial charge in [0.15, 0.2) is 0 Å². The predicted octanol–water partition coefficient (Wildman–Crippen LogP) is 1.64. The zero-order valence-electron chi connectivity index (χ0n) is 8.08. The Hall–Kier alpha value is -0.120. The predicted molar refractivity (Wildman–Crippen MR) is 49.3 cm³/mol. The van der Waals surface area contributed by atoms with Gasteiger partial charge in [-0.3, -0.25) is 0 Å². The Kier molecular flexibility index (Phi) is 3.58. The quantitative estimate of drug-likeness (QED) is 0.653. The topological polar surface area (TPSA) is 32.6 Å². The number of rotatable bonds is 2. The van der Waals surface area contributed by atoms with Crippen molar-refractivity contribution >= 4 is 0 Å². The third-order valence-electron chi connectivity index (χ3n) is 2.64. The number of ether oxygens (including phenoxy) is 2. The zero-order valence-corrected chi connectivity index (χ0v) is 8.08. The Morgan fingerprint density at radius 1 is 0.769 bits per heavy atom. The van der Waals surface area contributed by atoms with Crippen molar-refractivity contribution in [1.82, 2.24) is 5.32 Å². The number of nitrogens with zero attached hydrogens (tertiary/aromatic N) is 1. The fraction of sp³-hybridized carbons (Fsp3) is 1.00. The van der Waals surface area contributed by atoms with Crippen molar-refractivity contribution in [3.63, 3.8) is 0 Å². The Morgan fingerprint density at radius 2 is 1.31 bits per heavy atom. The molecular formula is C10H18NO2. The molecule has 1 radical (unpaired) electrons. The molecule has 0 aromatic carbocycles. The van der Waals surface area contributed by atoms with Crippen molar-refractivity contribution in [2.75, 3.05) is 13.2 Å². The maximum Gasteiger partial charge on any atom is 0.126 e. The molecule has 13 heavy (non-hydrogen) atoms. The first-order valence-electron chi connectivity index (χ1n) is 5.38. The third kappa shape index (κ3) is 2.93. The van der Waals surface area contributed by atoms with Gasteiger partial charge in [-0.2, -0.15) is 5.32 Å². The van der Waals surface area contributed by atoms with Gasteiger partial charge in [0.25, 0.3) is 0 Å². The van der Waals surface area contributed by atoms with Gasteiger partial charge in [-0.1, -0.05) is 0 Å². The van der Waals surface area contributed by atoms with Crippen LogP contribution in [0.1, 0.15) is 38.5 Å². The van der Waals surface area contributed by atoms with Crippen molar-refractivity contribution in [2.24, 2.45) is 0 Å². The zero-order chi connectivity index (χ0) is 8.93. The van der Waals surface area contributed by atoms with Crippen LogP contribution in [0, 0.1) is 0 Å². The van der Waals surface area contributed by atoms with E-state index in [9.17, 15) is 0 Å². The summed E-state index contributed by atoms with van der Waals surface area (Å²) in [7, 11) is 0. The first kappa shape index (κ1) is 9.44. The molecule has 2 heterocycles. The fourth-order valence-electron chi connectivity index (χ4n) is 1.87. The van der Waals surface area contributed by atoms with Gasteiger partial charge in [-0.15, -0.1) is 0 Å². The molecule has 2 saturated heterocycles. The lowest BCUT2D eigenvalue weighted by molar-refractivity contribution is -0.0810. The van der Waals surface area contributed by atoms with Crippen LogP contribution in [0.25, 0.3) is 0 Å². The Balaban J connectivity index is 1.69. The average molecular weight is 184 g/mol. The molecule has 3 nitrogen and oxygen atoms in total. The summed E-state index contributed by atoms with van der Waals surface area (Å²) in [5, 5.41) is 4.55. The molecule has 2 rings (SSSR count). The standard InChI is InChI=1S/C10H18NO2/c1-3-7-12-9(5-1)11-10-6-2-4-8-13-10/h9-10H,1-8H2. The Labute approximate surface area is 79.8 Å². The normalized spacial score (nSPS) is 36.0. The van der Waals surface area contributed by atoms with Crippen molar-refractivity contribution in [1.29, 1.82) is 0 Å². The van der Waals surface area contributed by atoms with Gasteiger partial charge < -0.3 is 9.47 Å². The maximum absolute atomic E-state index is 5.53. The van der Waals surface area contributed by atoms with Crippen LogP contribution < -0.4 is 5.32 Å². The van der Waals surface area contributed by atoms with Gasteiger partial charge in [0.1, 0.15) is 12.5 Å². The van der Waals surface area contributed by atoms with Gasteiger partial charge in [0.2, 0.25) is 0 Å². The van der Waals surface area contributed by atoms with Crippen LogP contribution in [0.15, 0.2) is 0 Å². The first-order chi connectivity index (χ1) is 6.45. The van der Waals surface area contributed by atoms with E-state index >= 15 is 0 Å². The van der Waals surface area contributed by atoms with E-state index < -0.39 is 0 Å². The molecule has 2 atom stereocenters. The minimum absolute atomic E-state index is 0.122. The fourth-order valence-corrected chi connectivity index (χ4v) is 1.87. The molecule has 2 fully saturated rings. The van der Waals surface area contributed by atoms with Crippen LogP contribution in [0.2, 0.25) is 0 Å². The molecule has 0 aromatic rings. The smallest absolute Gasteiger partial charge is 0.126 e. The van der Waals surface area contributed by atoms with Crippen LogP contribution in [0.3, 0.4) is 0 Å². The molecule has 75 valence electrons. The summed E-state index contributed by atoms with van der Waals surface area (Å²) in [5.41, 5.74) is 0. The van der Waals surface area contributed by atoms with Gasteiger partial charge >= 0.3 is 0 Å². The molecular weight excluding hydrogens is 166 g/mol. The lowest BCUT2D eigenvalue weighted by Gasteiger charge is -2.28. The van der Waals surface area contributed by atoms with E-state index in [-0.39, 0.29) is 12.5 Å². The molecule has 2 aliphatic rings. The summed E-state index contributed by atoms with van der Waals surface area (Å²) >= 11 is 0. The second-order valence-corrected chi connectivity index (χ2v) is 3.79. The molecule has 0 bridgehead atoms. The van der Waals surface area contributed by atoms with Crippen molar-refractivity contribution in [2.45, 2.75) is 51.0 Å². The highest BCUT2D eigenvalue weighted by atomic mass is 16.5. The second-order valence-electron chi connectivity index (χ2n) is 3.79. The molecule has 0 spiro atoms. The van der Waals surface area contributed by atoms with Crippen LogP contribution in [0.4, 0.5) is 0 Å². The van der Waals surface area contributed by atoms with E-state index in [4.69, 9.17) is 9.47 Å². The van der Waals surface area contributed by atoms with Crippen LogP contribution in [0.5, 0.6) is 0 Å². The molecule has 0 N–H and O–H groups in total. The molecule has 0 aromatic heterocycles. The Bertz CT molecular complexity index is 124. The lowest BCUT2D eigenvalue weighted by atomic mass is 10.1. The van der Waals surface area contributed by atoms with E-state index in [1.165, 1.54) is 25.7 Å². The maximum atomic E-state index is 5.53. The second kappa shape index (κ2) is 4.94. The minimum atomic E-state index is 0.122. The first-order valence-corrected chi connectivity index (χ1v) is 5.38. The average Bonchev–Trinajstić information content (AvgIpc) is 2.21. The molecule has 2 aliphatic heterocycles. The lowest BCUT2D eigenvalue weighted by Crippen LogP contribution is -2.38. The molecule has 2 unspecified atom stereocenters. The van der Waals surface area contributed by atoms with Gasteiger partial charge in [-0.25, -0.2) is 0 Å². The van der Waals surface area contributed by atoms with Gasteiger partial charge in [-0.05, 0) is 38.5 Å². The number of hydrogen-bond acceptors (Lipinski definition) is 2. The molecule has 0 saturated carbocycles. The summed E-state index contributed by atoms with van der Waals surface area (Å²) in [5.74, 6) is 0. The molecule has 3 heteroatoms. The van der Waals surface area contributed by atoms with E-state index in [1.54, 1.807) is 0 Å². The van der Waals surface area contributed by atoms with Gasteiger partial charge in [0, 0.05) is 13.2 Å². The monoisotopic (exact) mass is 184 g/mol. The van der Waals surface area contributed by atoms with E-state index in [0.717, 1.165) is 26.1 Å². The minimum Gasteiger partial charge on any atom is -0.362 e. The highest BCUT2D eigenvalue weighted by Gasteiger charge is 2.21. The summed E-state index contributed by atoms with van der Waals surface area (Å²) < 4.78 is 11.1. The molecule has 0 amide bonds. The third-order valence-corrected chi connectivity index (χ3v) is 2.64.